The van der Waals surface area contributed by atoms with Gasteiger partial charge in [0.05, 0.1) is 16.6 Å². The summed E-state index contributed by atoms with van der Waals surface area (Å²) < 4.78 is 0. The van der Waals surface area contributed by atoms with Crippen LogP contribution in [0.25, 0.3) is 0 Å². The second-order valence-corrected chi connectivity index (χ2v) is 4.79. The minimum atomic E-state index is -0.494. The Morgan fingerprint density at radius 2 is 2.24 bits per heavy atom. The van der Waals surface area contributed by atoms with Gasteiger partial charge in [0.2, 0.25) is 5.91 Å². The van der Waals surface area contributed by atoms with Crippen LogP contribution in [0.15, 0.2) is 18.2 Å². The number of halogens is 1. The van der Waals surface area contributed by atoms with Gasteiger partial charge in [-0.25, -0.2) is 0 Å². The Labute approximate surface area is 105 Å². The predicted molar refractivity (Wildman–Crippen MR) is 67.2 cm³/mol. The zero-order valence-electron chi connectivity index (χ0n) is 9.63. The minimum absolute atomic E-state index is 0.0336. The summed E-state index contributed by atoms with van der Waals surface area (Å²) in [4.78, 5) is 23.4. The van der Waals surface area contributed by atoms with Gasteiger partial charge < -0.3 is 5.32 Å². The van der Waals surface area contributed by atoms with E-state index in [1.54, 1.807) is 12.1 Å². The zero-order chi connectivity index (χ0) is 12.4. The smallest absolute Gasteiger partial charge is 0.234 e. The van der Waals surface area contributed by atoms with Crippen LogP contribution < -0.4 is 5.32 Å². The third-order valence-corrected chi connectivity index (χ3v) is 3.33. The molecular weight excluding hydrogens is 238 g/mol. The average molecular weight is 252 g/mol. The first kappa shape index (κ1) is 12.1. The molecule has 1 N–H and O–H groups in total. The topological polar surface area (TPSA) is 46.2 Å². The number of aryl methyl sites for hydroxylation is 1. The van der Waals surface area contributed by atoms with Crippen molar-refractivity contribution >= 4 is 29.0 Å². The fraction of sp³-hybridized carbons (Fsp3) is 0.385. The molecule has 17 heavy (non-hydrogen) atoms. The molecular formula is C13H14ClNO2. The third kappa shape index (κ3) is 2.67. The van der Waals surface area contributed by atoms with E-state index in [-0.39, 0.29) is 11.7 Å². The normalized spacial score (nSPS) is 19.4. The van der Waals surface area contributed by atoms with Crippen LogP contribution in [0.4, 0.5) is 5.69 Å². The molecule has 1 amide bonds. The lowest BCUT2D eigenvalue weighted by Gasteiger charge is -2.11. The summed E-state index contributed by atoms with van der Waals surface area (Å²) >= 11 is 5.98. The largest absolute Gasteiger partial charge is 0.324 e. The molecule has 1 aromatic carbocycles. The van der Waals surface area contributed by atoms with Crippen LogP contribution in [0.3, 0.4) is 0 Å². The Hall–Kier alpha value is -1.35. The van der Waals surface area contributed by atoms with Crippen LogP contribution in [0.5, 0.6) is 0 Å². The molecule has 3 nitrogen and oxygen atoms in total. The van der Waals surface area contributed by atoms with E-state index in [4.69, 9.17) is 11.6 Å². The summed E-state index contributed by atoms with van der Waals surface area (Å²) in [6, 6.07) is 5.42. The van der Waals surface area contributed by atoms with Gasteiger partial charge >= 0.3 is 0 Å². The van der Waals surface area contributed by atoms with Crippen molar-refractivity contribution in [3.05, 3.63) is 28.8 Å². The highest BCUT2D eigenvalue weighted by atomic mass is 35.5. The summed E-state index contributed by atoms with van der Waals surface area (Å²) in [5.41, 5.74) is 1.60. The number of hydrogen-bond acceptors (Lipinski definition) is 2. The molecule has 4 heteroatoms. The van der Waals surface area contributed by atoms with E-state index in [0.717, 1.165) is 12.0 Å². The van der Waals surface area contributed by atoms with Crippen molar-refractivity contribution in [3.63, 3.8) is 0 Å². The van der Waals surface area contributed by atoms with E-state index >= 15 is 0 Å². The maximum absolute atomic E-state index is 11.9. The lowest BCUT2D eigenvalue weighted by molar-refractivity contribution is -0.129. The van der Waals surface area contributed by atoms with Crippen LogP contribution in [-0.4, -0.2) is 11.7 Å². The van der Waals surface area contributed by atoms with Crippen LogP contribution in [0.2, 0.25) is 5.02 Å². The van der Waals surface area contributed by atoms with E-state index in [0.29, 0.717) is 23.6 Å². The molecule has 0 aromatic heterocycles. The van der Waals surface area contributed by atoms with E-state index in [2.05, 4.69) is 5.32 Å². The maximum Gasteiger partial charge on any atom is 0.234 e. The number of anilines is 1. The highest BCUT2D eigenvalue weighted by Crippen LogP contribution is 2.26. The SMILES string of the molecule is Cc1ccc(Cl)c(NC(=O)C2CCCC2=O)c1. The van der Waals surface area contributed by atoms with Gasteiger partial charge in [-0.3, -0.25) is 9.59 Å². The van der Waals surface area contributed by atoms with Gasteiger partial charge in [-0.15, -0.1) is 0 Å². The Morgan fingerprint density at radius 3 is 2.88 bits per heavy atom. The Morgan fingerprint density at radius 1 is 1.47 bits per heavy atom. The molecule has 1 unspecified atom stereocenters. The fourth-order valence-electron chi connectivity index (χ4n) is 2.05. The van der Waals surface area contributed by atoms with Crippen LogP contribution in [-0.2, 0) is 9.59 Å². The molecule has 90 valence electrons. The van der Waals surface area contributed by atoms with Gasteiger partial charge in [0, 0.05) is 6.42 Å². The van der Waals surface area contributed by atoms with Crippen molar-refractivity contribution in [2.45, 2.75) is 26.2 Å². The lowest BCUT2D eigenvalue weighted by Crippen LogP contribution is -2.25. The quantitative estimate of drug-likeness (QED) is 0.822. The molecule has 2 rings (SSSR count). The highest BCUT2D eigenvalue weighted by Gasteiger charge is 2.31. The number of benzene rings is 1. The second kappa shape index (κ2) is 4.88. The first-order chi connectivity index (χ1) is 8.08. The van der Waals surface area contributed by atoms with Crippen molar-refractivity contribution in [1.82, 2.24) is 0 Å². The standard InChI is InChI=1S/C13H14ClNO2/c1-8-5-6-10(14)11(7-8)15-13(17)9-3-2-4-12(9)16/h5-7,9H,2-4H2,1H3,(H,15,17). The van der Waals surface area contributed by atoms with Gasteiger partial charge in [0.1, 0.15) is 5.78 Å². The van der Waals surface area contributed by atoms with E-state index in [9.17, 15) is 9.59 Å². The third-order valence-electron chi connectivity index (χ3n) is 3.00. The fourth-order valence-corrected chi connectivity index (χ4v) is 2.21. The molecule has 0 heterocycles. The molecule has 1 aliphatic carbocycles. The summed E-state index contributed by atoms with van der Waals surface area (Å²) in [5.74, 6) is -0.696. The van der Waals surface area contributed by atoms with Crippen LogP contribution in [0, 0.1) is 12.8 Å². The van der Waals surface area contributed by atoms with Crippen molar-refractivity contribution < 1.29 is 9.59 Å². The van der Waals surface area contributed by atoms with Gasteiger partial charge in [-0.2, -0.15) is 0 Å². The van der Waals surface area contributed by atoms with Crippen molar-refractivity contribution in [3.8, 4) is 0 Å². The van der Waals surface area contributed by atoms with Crippen LogP contribution in [0.1, 0.15) is 24.8 Å². The molecule has 1 saturated carbocycles. The molecule has 1 aromatic rings. The molecule has 0 aliphatic heterocycles. The second-order valence-electron chi connectivity index (χ2n) is 4.38. The number of rotatable bonds is 2. The average Bonchev–Trinajstić information content (AvgIpc) is 2.70. The van der Waals surface area contributed by atoms with Crippen molar-refractivity contribution in [2.75, 3.05) is 5.32 Å². The molecule has 0 spiro atoms. The summed E-state index contributed by atoms with van der Waals surface area (Å²) in [5, 5.41) is 3.23. The number of hydrogen-bond donors (Lipinski definition) is 1. The minimum Gasteiger partial charge on any atom is -0.324 e. The number of amides is 1. The van der Waals surface area contributed by atoms with Crippen molar-refractivity contribution in [2.24, 2.45) is 5.92 Å². The first-order valence-electron chi connectivity index (χ1n) is 5.67. The number of ketones is 1. The Bertz CT molecular complexity index is 470. The summed E-state index contributed by atoms with van der Waals surface area (Å²) in [6.45, 7) is 1.92. The van der Waals surface area contributed by atoms with Gasteiger partial charge in [-0.05, 0) is 37.5 Å². The molecule has 1 aliphatic rings. The number of Topliss-reactive ketones (excluding diaryl/α,β-unsaturated/α-hetero) is 1. The highest BCUT2D eigenvalue weighted by molar-refractivity contribution is 6.33. The first-order valence-corrected chi connectivity index (χ1v) is 6.05. The zero-order valence-corrected chi connectivity index (χ0v) is 10.4. The number of carbonyl (C=O) groups is 2. The molecule has 1 atom stereocenters. The van der Waals surface area contributed by atoms with E-state index < -0.39 is 5.92 Å². The molecule has 0 saturated heterocycles. The monoisotopic (exact) mass is 251 g/mol. The predicted octanol–water partition coefficient (Wildman–Crippen LogP) is 2.96. The number of carbonyl (C=O) groups excluding carboxylic acids is 2. The summed E-state index contributed by atoms with van der Waals surface area (Å²) in [6.07, 6.45) is 1.96. The van der Waals surface area contributed by atoms with Gasteiger partial charge in [-0.1, -0.05) is 17.7 Å². The van der Waals surface area contributed by atoms with Gasteiger partial charge in [0.25, 0.3) is 0 Å². The summed E-state index contributed by atoms with van der Waals surface area (Å²) in [7, 11) is 0. The lowest BCUT2D eigenvalue weighted by atomic mass is 10.1. The van der Waals surface area contributed by atoms with Gasteiger partial charge in [0.15, 0.2) is 0 Å². The maximum atomic E-state index is 11.9. The molecule has 1 fully saturated rings. The number of nitrogens with one attached hydrogen (secondary N) is 1. The molecule has 0 bridgehead atoms. The Kier molecular flexibility index (Phi) is 3.48. The van der Waals surface area contributed by atoms with Crippen molar-refractivity contribution in [1.29, 1.82) is 0 Å². The Balaban J connectivity index is 2.12. The van der Waals surface area contributed by atoms with E-state index in [1.807, 2.05) is 13.0 Å². The van der Waals surface area contributed by atoms with E-state index in [1.165, 1.54) is 0 Å². The van der Waals surface area contributed by atoms with Crippen LogP contribution >= 0.6 is 11.6 Å². The molecule has 0 radical (unpaired) electrons.